The number of aliphatic hydroxyl groups excluding tert-OH is 1. The first-order valence-corrected chi connectivity index (χ1v) is 5.67. The van der Waals surface area contributed by atoms with Crippen LogP contribution >= 0.6 is 11.3 Å². The van der Waals surface area contributed by atoms with Crippen molar-refractivity contribution in [1.29, 1.82) is 0 Å². The van der Waals surface area contributed by atoms with Crippen LogP contribution in [0.5, 0.6) is 0 Å². The van der Waals surface area contributed by atoms with Gasteiger partial charge < -0.3 is 5.11 Å². The first kappa shape index (κ1) is 8.97. The summed E-state index contributed by atoms with van der Waals surface area (Å²) < 4.78 is 0. The Labute approximate surface area is 82.7 Å². The molecule has 0 aromatic carbocycles. The van der Waals surface area contributed by atoms with Crippen molar-refractivity contribution in [1.82, 2.24) is 0 Å². The first-order valence-electron chi connectivity index (χ1n) is 4.73. The van der Waals surface area contributed by atoms with Crippen molar-refractivity contribution < 1.29 is 5.11 Å². The lowest BCUT2D eigenvalue weighted by molar-refractivity contribution is 0.223. The summed E-state index contributed by atoms with van der Waals surface area (Å²) in [5.74, 6) is 0. The Kier molecular flexibility index (Phi) is 2.81. The monoisotopic (exact) mass is 194 g/mol. The van der Waals surface area contributed by atoms with Gasteiger partial charge in [0.25, 0.3) is 0 Å². The maximum Gasteiger partial charge on any atom is 0.0726 e. The third-order valence-corrected chi connectivity index (χ3v) is 3.24. The second-order valence-corrected chi connectivity index (χ2v) is 4.34. The van der Waals surface area contributed by atoms with Crippen molar-refractivity contribution >= 4 is 11.3 Å². The van der Waals surface area contributed by atoms with Crippen molar-refractivity contribution in [2.45, 2.75) is 31.8 Å². The average Bonchev–Trinajstić information content (AvgIpc) is 2.71. The predicted octanol–water partition coefficient (Wildman–Crippen LogP) is 2.76. The van der Waals surface area contributed by atoms with Gasteiger partial charge in [-0.25, -0.2) is 0 Å². The van der Waals surface area contributed by atoms with Crippen molar-refractivity contribution in [2.75, 3.05) is 0 Å². The maximum absolute atomic E-state index is 9.28. The molecular weight excluding hydrogens is 180 g/mol. The van der Waals surface area contributed by atoms with Gasteiger partial charge in [-0.05, 0) is 48.1 Å². The van der Waals surface area contributed by atoms with E-state index in [1.54, 1.807) is 11.3 Å². The van der Waals surface area contributed by atoms with Crippen molar-refractivity contribution in [3.8, 4) is 0 Å². The minimum absolute atomic E-state index is 0.169. The van der Waals surface area contributed by atoms with E-state index in [1.165, 1.54) is 11.1 Å². The van der Waals surface area contributed by atoms with Gasteiger partial charge in [-0.15, -0.1) is 0 Å². The van der Waals surface area contributed by atoms with Crippen LogP contribution in [0.2, 0.25) is 0 Å². The van der Waals surface area contributed by atoms with Gasteiger partial charge in [-0.1, -0.05) is 11.6 Å². The molecule has 0 saturated heterocycles. The van der Waals surface area contributed by atoms with E-state index in [1.807, 2.05) is 6.08 Å². The molecule has 0 saturated carbocycles. The largest absolute Gasteiger partial charge is 0.389 e. The number of aryl methyl sites for hydroxylation is 1. The molecule has 1 nitrogen and oxygen atoms in total. The molecule has 13 heavy (non-hydrogen) atoms. The van der Waals surface area contributed by atoms with E-state index in [4.69, 9.17) is 0 Å². The highest BCUT2D eigenvalue weighted by Gasteiger charge is 2.12. The second kappa shape index (κ2) is 4.07. The SMILES string of the molecule is OC1C=C(CCc2ccsc2)CC1. The number of rotatable bonds is 3. The van der Waals surface area contributed by atoms with E-state index < -0.39 is 0 Å². The first-order chi connectivity index (χ1) is 6.34. The van der Waals surface area contributed by atoms with Crippen LogP contribution in [0, 0.1) is 0 Å². The summed E-state index contributed by atoms with van der Waals surface area (Å²) in [6.07, 6.45) is 6.12. The van der Waals surface area contributed by atoms with Crippen LogP contribution in [0.15, 0.2) is 28.5 Å². The van der Waals surface area contributed by atoms with Gasteiger partial charge in [0.05, 0.1) is 6.10 Å². The van der Waals surface area contributed by atoms with Crippen LogP contribution in [0.1, 0.15) is 24.8 Å². The predicted molar refractivity (Wildman–Crippen MR) is 56.0 cm³/mol. The number of allylic oxidation sites excluding steroid dienone is 1. The van der Waals surface area contributed by atoms with Crippen molar-refractivity contribution in [2.24, 2.45) is 0 Å². The molecule has 0 radical (unpaired) electrons. The van der Waals surface area contributed by atoms with Crippen molar-refractivity contribution in [3.63, 3.8) is 0 Å². The van der Waals surface area contributed by atoms with Crippen LogP contribution in [-0.4, -0.2) is 11.2 Å². The summed E-state index contributed by atoms with van der Waals surface area (Å²) in [7, 11) is 0. The molecule has 0 amide bonds. The van der Waals surface area contributed by atoms with Gasteiger partial charge in [0.15, 0.2) is 0 Å². The molecule has 1 atom stereocenters. The van der Waals surface area contributed by atoms with Crippen LogP contribution in [0.25, 0.3) is 0 Å². The molecule has 2 rings (SSSR count). The molecule has 70 valence electrons. The quantitative estimate of drug-likeness (QED) is 0.734. The molecule has 1 aromatic heterocycles. The molecule has 1 heterocycles. The molecule has 1 unspecified atom stereocenters. The van der Waals surface area contributed by atoms with Gasteiger partial charge in [0.1, 0.15) is 0 Å². The fourth-order valence-corrected chi connectivity index (χ4v) is 2.42. The molecule has 2 heteroatoms. The number of hydrogen-bond donors (Lipinski definition) is 1. The summed E-state index contributed by atoms with van der Waals surface area (Å²) in [5.41, 5.74) is 2.85. The Hall–Kier alpha value is -0.600. The Morgan fingerprint density at radius 2 is 2.38 bits per heavy atom. The zero-order valence-corrected chi connectivity index (χ0v) is 8.39. The Morgan fingerprint density at radius 3 is 3.00 bits per heavy atom. The third kappa shape index (κ3) is 2.42. The molecule has 1 aromatic rings. The highest BCUT2D eigenvalue weighted by molar-refractivity contribution is 7.07. The van der Waals surface area contributed by atoms with E-state index in [9.17, 15) is 5.11 Å². The van der Waals surface area contributed by atoms with Gasteiger partial charge in [0, 0.05) is 0 Å². The topological polar surface area (TPSA) is 20.2 Å². The maximum atomic E-state index is 9.28. The summed E-state index contributed by atoms with van der Waals surface area (Å²) in [6, 6.07) is 2.18. The Morgan fingerprint density at radius 1 is 1.46 bits per heavy atom. The molecule has 0 fully saturated rings. The molecule has 0 bridgehead atoms. The molecule has 1 N–H and O–H groups in total. The average molecular weight is 194 g/mol. The van der Waals surface area contributed by atoms with E-state index in [0.717, 1.165) is 25.7 Å². The summed E-state index contributed by atoms with van der Waals surface area (Å²) in [6.45, 7) is 0. The number of hydrogen-bond acceptors (Lipinski definition) is 2. The summed E-state index contributed by atoms with van der Waals surface area (Å²) in [4.78, 5) is 0. The fraction of sp³-hybridized carbons (Fsp3) is 0.455. The minimum Gasteiger partial charge on any atom is -0.389 e. The molecule has 1 aliphatic carbocycles. The second-order valence-electron chi connectivity index (χ2n) is 3.56. The smallest absolute Gasteiger partial charge is 0.0726 e. The van der Waals surface area contributed by atoms with E-state index >= 15 is 0 Å². The normalized spacial score (nSPS) is 21.9. The van der Waals surface area contributed by atoms with E-state index in [2.05, 4.69) is 16.8 Å². The van der Waals surface area contributed by atoms with Crippen molar-refractivity contribution in [3.05, 3.63) is 34.0 Å². The van der Waals surface area contributed by atoms with Crippen LogP contribution < -0.4 is 0 Å². The standard InChI is InChI=1S/C11H14OS/c12-11-4-3-9(7-11)1-2-10-5-6-13-8-10/h5-8,11-12H,1-4H2. The van der Waals surface area contributed by atoms with Gasteiger partial charge >= 0.3 is 0 Å². The molecule has 0 aliphatic heterocycles. The number of thiophene rings is 1. The van der Waals surface area contributed by atoms with Crippen LogP contribution in [0.4, 0.5) is 0 Å². The molecular formula is C11H14OS. The van der Waals surface area contributed by atoms with Gasteiger partial charge in [-0.2, -0.15) is 11.3 Å². The summed E-state index contributed by atoms with van der Waals surface area (Å²) >= 11 is 1.75. The lowest BCUT2D eigenvalue weighted by Gasteiger charge is -1.98. The van der Waals surface area contributed by atoms with Crippen LogP contribution in [-0.2, 0) is 6.42 Å². The molecule has 1 aliphatic rings. The zero-order chi connectivity index (χ0) is 9.10. The minimum atomic E-state index is -0.169. The third-order valence-electron chi connectivity index (χ3n) is 2.50. The van der Waals surface area contributed by atoms with Crippen LogP contribution in [0.3, 0.4) is 0 Å². The Balaban J connectivity index is 1.83. The Bertz CT molecular complexity index is 287. The number of aliphatic hydroxyl groups is 1. The fourth-order valence-electron chi connectivity index (χ4n) is 1.72. The molecule has 0 spiro atoms. The highest BCUT2D eigenvalue weighted by Crippen LogP contribution is 2.23. The lowest BCUT2D eigenvalue weighted by Crippen LogP contribution is -1.93. The van der Waals surface area contributed by atoms with Gasteiger partial charge in [-0.3, -0.25) is 0 Å². The van der Waals surface area contributed by atoms with E-state index in [0.29, 0.717) is 0 Å². The lowest BCUT2D eigenvalue weighted by atomic mass is 10.1. The zero-order valence-electron chi connectivity index (χ0n) is 7.57. The summed E-state index contributed by atoms with van der Waals surface area (Å²) in [5, 5.41) is 13.6. The highest BCUT2D eigenvalue weighted by atomic mass is 32.1. The van der Waals surface area contributed by atoms with Gasteiger partial charge in [0.2, 0.25) is 0 Å². The van der Waals surface area contributed by atoms with E-state index in [-0.39, 0.29) is 6.10 Å².